The van der Waals surface area contributed by atoms with Crippen LogP contribution in [0.5, 0.6) is 5.75 Å². The molecular formula is C14H14Cl2N2O2. The first kappa shape index (κ1) is 14.9. The third-order valence-corrected chi connectivity index (χ3v) is 3.29. The fourth-order valence-electron chi connectivity index (χ4n) is 1.84. The quantitative estimate of drug-likeness (QED) is 0.863. The Hall–Kier alpha value is -1.52. The van der Waals surface area contributed by atoms with E-state index in [2.05, 4.69) is 5.10 Å². The molecule has 0 amide bonds. The van der Waals surface area contributed by atoms with Gasteiger partial charge in [0, 0.05) is 10.7 Å². The monoisotopic (exact) mass is 312 g/mol. The lowest BCUT2D eigenvalue weighted by molar-refractivity contribution is 0.0707. The molecule has 0 radical (unpaired) electrons. The van der Waals surface area contributed by atoms with E-state index >= 15 is 0 Å². The highest BCUT2D eigenvalue weighted by atomic mass is 35.5. The Balaban J connectivity index is 2.17. The molecule has 1 aromatic carbocycles. The summed E-state index contributed by atoms with van der Waals surface area (Å²) in [6.07, 6.45) is -0.702. The Morgan fingerprint density at radius 3 is 2.55 bits per heavy atom. The normalized spacial score (nSPS) is 12.2. The first-order chi connectivity index (χ1) is 9.38. The summed E-state index contributed by atoms with van der Waals surface area (Å²) in [5.41, 5.74) is 1.55. The maximum absolute atomic E-state index is 12.3. The molecule has 20 heavy (non-hydrogen) atoms. The number of aromatic nitrogens is 2. The van der Waals surface area contributed by atoms with Gasteiger partial charge in [-0.3, -0.25) is 4.79 Å². The number of rotatable bonds is 3. The summed E-state index contributed by atoms with van der Waals surface area (Å²) in [6.45, 7) is 5.31. The molecule has 6 heteroatoms. The van der Waals surface area contributed by atoms with Crippen LogP contribution in [-0.4, -0.2) is 21.8 Å². The molecule has 1 aromatic heterocycles. The zero-order chi connectivity index (χ0) is 14.9. The fraction of sp³-hybridized carbons (Fsp3) is 0.286. The standard InChI is InChI=1S/C14H14Cl2N2O2/c1-8-6-9(2)18(17-8)14(19)10(3)20-13-5-4-11(15)7-12(13)16/h4-7,10H,1-3H3/t10-/m1/s1. The number of carbonyl (C=O) groups excluding carboxylic acids is 1. The lowest BCUT2D eigenvalue weighted by atomic mass is 10.3. The van der Waals surface area contributed by atoms with E-state index in [1.807, 2.05) is 19.9 Å². The van der Waals surface area contributed by atoms with E-state index in [0.717, 1.165) is 11.4 Å². The van der Waals surface area contributed by atoms with E-state index in [-0.39, 0.29) is 5.91 Å². The molecule has 2 aromatic rings. The zero-order valence-electron chi connectivity index (χ0n) is 11.4. The molecule has 0 spiro atoms. The summed E-state index contributed by atoms with van der Waals surface area (Å²) in [5, 5.41) is 5.02. The van der Waals surface area contributed by atoms with Crippen molar-refractivity contribution in [3.8, 4) is 5.75 Å². The van der Waals surface area contributed by atoms with Gasteiger partial charge in [0.05, 0.1) is 10.7 Å². The minimum Gasteiger partial charge on any atom is -0.479 e. The van der Waals surface area contributed by atoms with E-state index in [9.17, 15) is 4.79 Å². The summed E-state index contributed by atoms with van der Waals surface area (Å²) in [4.78, 5) is 12.3. The molecule has 0 aliphatic heterocycles. The molecule has 0 aliphatic carbocycles. The summed E-state index contributed by atoms with van der Waals surface area (Å²) < 4.78 is 6.92. The van der Waals surface area contributed by atoms with Crippen molar-refractivity contribution >= 4 is 29.1 Å². The topological polar surface area (TPSA) is 44.1 Å². The zero-order valence-corrected chi connectivity index (χ0v) is 12.9. The van der Waals surface area contributed by atoms with Crippen molar-refractivity contribution in [2.45, 2.75) is 26.9 Å². The third-order valence-electron chi connectivity index (χ3n) is 2.76. The van der Waals surface area contributed by atoms with Crippen LogP contribution in [0.1, 0.15) is 23.1 Å². The molecule has 2 rings (SSSR count). The summed E-state index contributed by atoms with van der Waals surface area (Å²) >= 11 is 11.8. The Kier molecular flexibility index (Phi) is 4.35. The van der Waals surface area contributed by atoms with Gasteiger partial charge >= 0.3 is 0 Å². The highest BCUT2D eigenvalue weighted by molar-refractivity contribution is 6.35. The lowest BCUT2D eigenvalue weighted by Gasteiger charge is -2.15. The molecule has 0 aliphatic rings. The molecule has 0 bridgehead atoms. The molecule has 1 heterocycles. The molecule has 106 valence electrons. The maximum Gasteiger partial charge on any atom is 0.287 e. The second-order valence-electron chi connectivity index (χ2n) is 4.51. The van der Waals surface area contributed by atoms with E-state index in [1.165, 1.54) is 4.68 Å². The van der Waals surface area contributed by atoms with Crippen molar-refractivity contribution in [1.82, 2.24) is 9.78 Å². The van der Waals surface area contributed by atoms with E-state index < -0.39 is 6.10 Å². The van der Waals surface area contributed by atoms with Crippen LogP contribution in [0.4, 0.5) is 0 Å². The molecule has 4 nitrogen and oxygen atoms in total. The number of aryl methyl sites for hydroxylation is 2. The van der Waals surface area contributed by atoms with Crippen molar-refractivity contribution in [1.29, 1.82) is 0 Å². The van der Waals surface area contributed by atoms with Crippen LogP contribution in [0.15, 0.2) is 24.3 Å². The largest absolute Gasteiger partial charge is 0.479 e. The Bertz CT molecular complexity index is 653. The number of carbonyl (C=O) groups is 1. The highest BCUT2D eigenvalue weighted by Gasteiger charge is 2.20. The van der Waals surface area contributed by atoms with Crippen LogP contribution in [0, 0.1) is 13.8 Å². The predicted octanol–water partition coefficient (Wildman–Crippen LogP) is 3.91. The number of benzene rings is 1. The molecule has 0 unspecified atom stereocenters. The van der Waals surface area contributed by atoms with Gasteiger partial charge < -0.3 is 4.74 Å². The SMILES string of the molecule is Cc1cc(C)n(C(=O)[C@@H](C)Oc2ccc(Cl)cc2Cl)n1. The Labute approximate surface area is 127 Å². The maximum atomic E-state index is 12.3. The van der Waals surface area contributed by atoms with Crippen LogP contribution in [0.2, 0.25) is 10.0 Å². The van der Waals surface area contributed by atoms with Crippen molar-refractivity contribution in [2.24, 2.45) is 0 Å². The molecule has 0 N–H and O–H groups in total. The Morgan fingerprint density at radius 1 is 1.30 bits per heavy atom. The van der Waals surface area contributed by atoms with Gasteiger partial charge in [-0.05, 0) is 45.0 Å². The van der Waals surface area contributed by atoms with Gasteiger partial charge in [-0.25, -0.2) is 4.68 Å². The second-order valence-corrected chi connectivity index (χ2v) is 5.36. The van der Waals surface area contributed by atoms with E-state index in [4.69, 9.17) is 27.9 Å². The summed E-state index contributed by atoms with van der Waals surface area (Å²) in [6, 6.07) is 6.69. The minimum absolute atomic E-state index is 0.249. The van der Waals surface area contributed by atoms with Gasteiger partial charge in [0.25, 0.3) is 5.91 Å². The van der Waals surface area contributed by atoms with Gasteiger partial charge in [-0.15, -0.1) is 0 Å². The minimum atomic E-state index is -0.702. The van der Waals surface area contributed by atoms with Gasteiger partial charge in [-0.2, -0.15) is 5.10 Å². The fourth-order valence-corrected chi connectivity index (χ4v) is 2.29. The van der Waals surface area contributed by atoms with Crippen LogP contribution < -0.4 is 4.74 Å². The molecule has 0 saturated carbocycles. The summed E-state index contributed by atoms with van der Waals surface area (Å²) in [5.74, 6) is 0.167. The number of hydrogen-bond acceptors (Lipinski definition) is 3. The first-order valence-corrected chi connectivity index (χ1v) is 6.83. The van der Waals surface area contributed by atoms with Gasteiger partial charge in [-0.1, -0.05) is 23.2 Å². The van der Waals surface area contributed by atoms with Crippen LogP contribution in [0.3, 0.4) is 0 Å². The van der Waals surface area contributed by atoms with Crippen molar-refractivity contribution < 1.29 is 9.53 Å². The molecule has 0 saturated heterocycles. The summed E-state index contributed by atoms with van der Waals surface area (Å²) in [7, 11) is 0. The molecule has 1 atom stereocenters. The van der Waals surface area contributed by atoms with Crippen LogP contribution in [0.25, 0.3) is 0 Å². The van der Waals surface area contributed by atoms with E-state index in [1.54, 1.807) is 25.1 Å². The van der Waals surface area contributed by atoms with Gasteiger partial charge in [0.1, 0.15) is 5.75 Å². The predicted molar refractivity (Wildman–Crippen MR) is 78.9 cm³/mol. The number of ether oxygens (including phenoxy) is 1. The molecule has 0 fully saturated rings. The van der Waals surface area contributed by atoms with Crippen molar-refractivity contribution in [3.05, 3.63) is 45.7 Å². The first-order valence-electron chi connectivity index (χ1n) is 6.07. The van der Waals surface area contributed by atoms with Gasteiger partial charge in [0.2, 0.25) is 0 Å². The average Bonchev–Trinajstić information content (AvgIpc) is 2.71. The second kappa shape index (κ2) is 5.85. The third kappa shape index (κ3) is 3.14. The van der Waals surface area contributed by atoms with Crippen molar-refractivity contribution in [3.63, 3.8) is 0 Å². The van der Waals surface area contributed by atoms with Crippen molar-refractivity contribution in [2.75, 3.05) is 0 Å². The highest BCUT2D eigenvalue weighted by Crippen LogP contribution is 2.28. The number of nitrogens with zero attached hydrogens (tertiary/aromatic N) is 2. The average molecular weight is 313 g/mol. The van der Waals surface area contributed by atoms with Crippen LogP contribution in [-0.2, 0) is 0 Å². The smallest absolute Gasteiger partial charge is 0.287 e. The number of hydrogen-bond donors (Lipinski definition) is 0. The van der Waals surface area contributed by atoms with Gasteiger partial charge in [0.15, 0.2) is 6.10 Å². The molecular weight excluding hydrogens is 299 g/mol. The number of halogens is 2. The lowest BCUT2D eigenvalue weighted by Crippen LogP contribution is -2.30. The van der Waals surface area contributed by atoms with E-state index in [0.29, 0.717) is 15.8 Å². The Morgan fingerprint density at radius 2 is 2.00 bits per heavy atom. The van der Waals surface area contributed by atoms with Crippen LogP contribution >= 0.6 is 23.2 Å².